The lowest BCUT2D eigenvalue weighted by atomic mass is 10.7. The van der Waals surface area contributed by atoms with Gasteiger partial charge in [-0.1, -0.05) is 0 Å². The second-order valence-electron chi connectivity index (χ2n) is 3.36. The van der Waals surface area contributed by atoms with Crippen LogP contribution in [0, 0.1) is 0 Å². The van der Waals surface area contributed by atoms with Crippen molar-refractivity contribution in [1.82, 2.24) is 0 Å². The van der Waals surface area contributed by atoms with Crippen LogP contribution in [0.2, 0.25) is 0 Å². The second-order valence-corrected chi connectivity index (χ2v) is 3.36. The predicted molar refractivity (Wildman–Crippen MR) is 67.8 cm³/mol. The zero-order chi connectivity index (χ0) is 15.8. The minimum atomic E-state index is -0.353. The van der Waals surface area contributed by atoms with E-state index >= 15 is 0 Å². The van der Waals surface area contributed by atoms with Crippen molar-refractivity contribution in [2.24, 2.45) is 0 Å². The molecule has 0 atom stereocenters. The Morgan fingerprint density at radius 1 is 0.700 bits per heavy atom. The van der Waals surface area contributed by atoms with E-state index in [4.69, 9.17) is 9.84 Å². The molecular formula is C12H22O8. The number of hydrogen-bond donors (Lipinski definition) is 1. The van der Waals surface area contributed by atoms with Gasteiger partial charge in [-0.25, -0.2) is 0 Å². The van der Waals surface area contributed by atoms with Gasteiger partial charge in [-0.05, 0) is 0 Å². The van der Waals surface area contributed by atoms with Gasteiger partial charge in [-0.3, -0.25) is 14.4 Å². The maximum absolute atomic E-state index is 10.3. The Balaban J connectivity index is 0. The van der Waals surface area contributed by atoms with Crippen molar-refractivity contribution in [3.63, 3.8) is 0 Å². The van der Waals surface area contributed by atoms with Gasteiger partial charge in [0.2, 0.25) is 0 Å². The van der Waals surface area contributed by atoms with Gasteiger partial charge in [0.15, 0.2) is 0 Å². The number of carbonyl (C=O) groups is 3. The van der Waals surface area contributed by atoms with E-state index in [0.29, 0.717) is 13.2 Å². The number of aliphatic hydroxyl groups is 1. The van der Waals surface area contributed by atoms with Crippen molar-refractivity contribution in [3.05, 3.63) is 0 Å². The monoisotopic (exact) mass is 294 g/mol. The summed E-state index contributed by atoms with van der Waals surface area (Å²) in [6.07, 6.45) is 0. The van der Waals surface area contributed by atoms with Crippen LogP contribution in [-0.2, 0) is 33.3 Å². The van der Waals surface area contributed by atoms with E-state index in [1.807, 2.05) is 0 Å². The van der Waals surface area contributed by atoms with Gasteiger partial charge < -0.3 is 24.1 Å². The summed E-state index contributed by atoms with van der Waals surface area (Å²) in [5, 5.41) is 8.04. The highest BCUT2D eigenvalue weighted by molar-refractivity contribution is 5.66. The summed E-state index contributed by atoms with van der Waals surface area (Å²) in [7, 11) is 0. The molecule has 0 unspecified atom stereocenters. The molecule has 0 heterocycles. The third kappa shape index (κ3) is 25.2. The largest absolute Gasteiger partial charge is 0.463 e. The van der Waals surface area contributed by atoms with Gasteiger partial charge in [-0.2, -0.15) is 0 Å². The first-order valence-corrected chi connectivity index (χ1v) is 5.98. The van der Waals surface area contributed by atoms with Crippen LogP contribution in [0.1, 0.15) is 20.8 Å². The Morgan fingerprint density at radius 2 is 1.05 bits per heavy atom. The van der Waals surface area contributed by atoms with Crippen molar-refractivity contribution < 1.29 is 38.4 Å². The molecule has 0 aromatic heterocycles. The Morgan fingerprint density at radius 3 is 1.30 bits per heavy atom. The normalized spacial score (nSPS) is 9.00. The van der Waals surface area contributed by atoms with Gasteiger partial charge in [0.1, 0.15) is 19.8 Å². The summed E-state index contributed by atoms with van der Waals surface area (Å²) in [6.45, 7) is 5.08. The fraction of sp³-hybridized carbons (Fsp3) is 0.750. The van der Waals surface area contributed by atoms with Gasteiger partial charge in [-0.15, -0.1) is 0 Å². The van der Waals surface area contributed by atoms with Crippen LogP contribution < -0.4 is 0 Å². The second kappa shape index (κ2) is 15.4. The average molecular weight is 294 g/mol. The third-order valence-corrected chi connectivity index (χ3v) is 1.46. The van der Waals surface area contributed by atoms with Crippen molar-refractivity contribution in [3.8, 4) is 0 Å². The smallest absolute Gasteiger partial charge is 0.302 e. The molecule has 1 N–H and O–H groups in total. The molecule has 0 aromatic carbocycles. The lowest BCUT2D eigenvalue weighted by Crippen LogP contribution is -2.12. The summed E-state index contributed by atoms with van der Waals surface area (Å²) in [4.78, 5) is 30.4. The molecule has 0 spiro atoms. The Hall–Kier alpha value is -1.67. The van der Waals surface area contributed by atoms with E-state index < -0.39 is 0 Å². The molecule has 0 amide bonds. The molecule has 0 saturated carbocycles. The molecule has 0 fully saturated rings. The summed E-state index contributed by atoms with van der Waals surface area (Å²) in [6, 6.07) is 0. The van der Waals surface area contributed by atoms with Crippen LogP contribution >= 0.6 is 0 Å². The van der Waals surface area contributed by atoms with Crippen LogP contribution in [0.15, 0.2) is 0 Å². The highest BCUT2D eigenvalue weighted by atomic mass is 16.6. The van der Waals surface area contributed by atoms with Crippen LogP contribution in [0.4, 0.5) is 0 Å². The minimum absolute atomic E-state index is 0.0976. The molecule has 0 bridgehead atoms. The highest BCUT2D eigenvalue weighted by Crippen LogP contribution is 1.81. The molecule has 0 aliphatic rings. The zero-order valence-electron chi connectivity index (χ0n) is 12.0. The van der Waals surface area contributed by atoms with E-state index in [2.05, 4.69) is 14.2 Å². The number of aliphatic hydroxyl groups excluding tert-OH is 1. The Bertz CT molecular complexity index is 259. The first-order valence-electron chi connectivity index (χ1n) is 5.98. The summed E-state index contributed by atoms with van der Waals surface area (Å²) in [5.41, 5.74) is 0. The summed E-state index contributed by atoms with van der Waals surface area (Å²) in [5.74, 6) is -1.01. The molecule has 0 saturated heterocycles. The van der Waals surface area contributed by atoms with E-state index in [0.717, 1.165) is 0 Å². The number of esters is 3. The summed E-state index contributed by atoms with van der Waals surface area (Å²) < 4.78 is 18.5. The fourth-order valence-corrected chi connectivity index (χ4v) is 0.780. The highest BCUT2D eigenvalue weighted by Gasteiger charge is 1.94. The topological polar surface area (TPSA) is 108 Å². The zero-order valence-corrected chi connectivity index (χ0v) is 12.0. The van der Waals surface area contributed by atoms with E-state index in [1.54, 1.807) is 0 Å². The molecule has 0 rings (SSSR count). The standard InChI is InChI=1S/C8H14O5.C4H8O3/c1-7(9)12-5-3-11-4-6-13-8(2)10;1-4(6)7-3-2-5/h3-6H2,1-2H3;5H,2-3H2,1H3. The first-order chi connectivity index (χ1) is 9.40. The molecule has 8 heteroatoms. The Labute approximate surface area is 117 Å². The van der Waals surface area contributed by atoms with Crippen molar-refractivity contribution in [2.75, 3.05) is 39.6 Å². The van der Waals surface area contributed by atoms with Gasteiger partial charge in [0, 0.05) is 20.8 Å². The van der Waals surface area contributed by atoms with Crippen LogP contribution in [0.3, 0.4) is 0 Å². The third-order valence-electron chi connectivity index (χ3n) is 1.46. The molecule has 118 valence electrons. The molecule has 0 aliphatic carbocycles. The van der Waals surface area contributed by atoms with E-state index in [-0.39, 0.29) is 44.3 Å². The van der Waals surface area contributed by atoms with Crippen molar-refractivity contribution >= 4 is 17.9 Å². The van der Waals surface area contributed by atoms with Crippen LogP contribution in [-0.4, -0.2) is 62.7 Å². The number of hydrogen-bond acceptors (Lipinski definition) is 8. The van der Waals surface area contributed by atoms with E-state index in [1.165, 1.54) is 20.8 Å². The Kier molecular flexibility index (Phi) is 15.9. The maximum Gasteiger partial charge on any atom is 0.302 e. The maximum atomic E-state index is 10.3. The quantitative estimate of drug-likeness (QED) is 0.368. The number of ether oxygens (including phenoxy) is 4. The molecule has 0 aromatic rings. The SMILES string of the molecule is CC(=O)OCCO.CC(=O)OCCOCCOC(C)=O. The van der Waals surface area contributed by atoms with Crippen molar-refractivity contribution in [1.29, 1.82) is 0 Å². The van der Waals surface area contributed by atoms with Crippen molar-refractivity contribution in [2.45, 2.75) is 20.8 Å². The molecule has 0 radical (unpaired) electrons. The lowest BCUT2D eigenvalue weighted by Gasteiger charge is -2.04. The molecular weight excluding hydrogens is 272 g/mol. The van der Waals surface area contributed by atoms with Gasteiger partial charge in [0.05, 0.1) is 19.8 Å². The average Bonchev–Trinajstić information content (AvgIpc) is 2.35. The van der Waals surface area contributed by atoms with Crippen LogP contribution in [0.5, 0.6) is 0 Å². The number of carbonyl (C=O) groups excluding carboxylic acids is 3. The van der Waals surface area contributed by atoms with E-state index in [9.17, 15) is 14.4 Å². The molecule has 0 aliphatic heterocycles. The first kappa shape index (κ1) is 20.6. The molecule has 20 heavy (non-hydrogen) atoms. The fourth-order valence-electron chi connectivity index (χ4n) is 0.780. The molecule has 8 nitrogen and oxygen atoms in total. The predicted octanol–water partition coefficient (Wildman–Crippen LogP) is -0.329. The van der Waals surface area contributed by atoms with Gasteiger partial charge >= 0.3 is 17.9 Å². The minimum Gasteiger partial charge on any atom is -0.463 e. The number of rotatable bonds is 8. The lowest BCUT2D eigenvalue weighted by molar-refractivity contribution is -0.144. The van der Waals surface area contributed by atoms with Gasteiger partial charge in [0.25, 0.3) is 0 Å². The van der Waals surface area contributed by atoms with Crippen LogP contribution in [0.25, 0.3) is 0 Å². The summed E-state index contributed by atoms with van der Waals surface area (Å²) >= 11 is 0.